The molecule has 0 aliphatic heterocycles. The Morgan fingerprint density at radius 1 is 1.32 bits per heavy atom. The van der Waals surface area contributed by atoms with Gasteiger partial charge >= 0.3 is 0 Å². The van der Waals surface area contributed by atoms with Crippen molar-refractivity contribution in [3.63, 3.8) is 0 Å². The Bertz CT molecular complexity index is 624. The van der Waals surface area contributed by atoms with Gasteiger partial charge in [0.1, 0.15) is 0 Å². The van der Waals surface area contributed by atoms with Crippen LogP contribution < -0.4 is 5.32 Å². The molecule has 0 atom stereocenters. The van der Waals surface area contributed by atoms with Gasteiger partial charge in [-0.05, 0) is 49.9 Å². The number of rotatable bonds is 4. The smallest absolute Gasteiger partial charge is 0.251 e. The first-order valence-electron chi connectivity index (χ1n) is 6.86. The quantitative estimate of drug-likeness (QED) is 0.807. The minimum atomic E-state index is 0.0155. The second-order valence-electron chi connectivity index (χ2n) is 5.04. The molecule has 2 aromatic rings. The number of allylic oxidation sites excluding steroid dienone is 1. The lowest BCUT2D eigenvalue weighted by atomic mass is 10.1. The predicted octanol–water partition coefficient (Wildman–Crippen LogP) is 3.40. The molecule has 0 unspecified atom stereocenters. The largest absolute Gasteiger partial charge is 0.361 e. The number of benzene rings is 1. The van der Waals surface area contributed by atoms with Crippen molar-refractivity contribution < 1.29 is 4.79 Å². The highest BCUT2D eigenvalue weighted by Gasteiger charge is 2.08. The normalized spacial score (nSPS) is 14.6. The molecule has 2 N–H and O–H groups in total. The number of hydrogen-bond acceptors (Lipinski definition) is 1. The van der Waals surface area contributed by atoms with E-state index >= 15 is 0 Å². The van der Waals surface area contributed by atoms with Gasteiger partial charge in [-0.3, -0.25) is 4.79 Å². The molecule has 3 nitrogen and oxygen atoms in total. The zero-order chi connectivity index (χ0) is 13.1. The van der Waals surface area contributed by atoms with E-state index in [9.17, 15) is 4.79 Å². The third-order valence-corrected chi connectivity index (χ3v) is 3.68. The molecule has 0 fully saturated rings. The number of H-pyrrole nitrogens is 1. The lowest BCUT2D eigenvalue weighted by molar-refractivity contribution is 0.0954. The molecule has 3 heteroatoms. The SMILES string of the molecule is O=C(NCCC1=CCCC1)c1ccc2[nH]ccc2c1. The summed E-state index contributed by atoms with van der Waals surface area (Å²) in [5.41, 5.74) is 3.28. The minimum Gasteiger partial charge on any atom is -0.361 e. The van der Waals surface area contributed by atoms with Crippen LogP contribution in [0.4, 0.5) is 0 Å². The number of aromatic amines is 1. The average molecular weight is 254 g/mol. The van der Waals surface area contributed by atoms with Crippen LogP contribution in [0.25, 0.3) is 10.9 Å². The maximum absolute atomic E-state index is 12.0. The molecule has 1 amide bonds. The molecule has 0 saturated carbocycles. The van der Waals surface area contributed by atoms with Crippen LogP contribution in [0, 0.1) is 0 Å². The molecular formula is C16H18N2O. The highest BCUT2D eigenvalue weighted by atomic mass is 16.1. The molecule has 98 valence electrons. The lowest BCUT2D eigenvalue weighted by Crippen LogP contribution is -2.24. The van der Waals surface area contributed by atoms with Crippen LogP contribution in [0.5, 0.6) is 0 Å². The summed E-state index contributed by atoms with van der Waals surface area (Å²) in [6.45, 7) is 0.732. The van der Waals surface area contributed by atoms with Crippen LogP contribution in [-0.4, -0.2) is 17.4 Å². The molecule has 1 aliphatic carbocycles. The molecule has 19 heavy (non-hydrogen) atoms. The van der Waals surface area contributed by atoms with Gasteiger partial charge in [-0.15, -0.1) is 0 Å². The van der Waals surface area contributed by atoms with Crippen molar-refractivity contribution in [2.75, 3.05) is 6.54 Å². The molecule has 1 aliphatic rings. The highest BCUT2D eigenvalue weighted by Crippen LogP contribution is 2.20. The number of nitrogens with one attached hydrogen (secondary N) is 2. The zero-order valence-electron chi connectivity index (χ0n) is 10.9. The van der Waals surface area contributed by atoms with Gasteiger partial charge in [0.25, 0.3) is 5.91 Å². The Kier molecular flexibility index (Phi) is 3.36. The van der Waals surface area contributed by atoms with E-state index in [1.165, 1.54) is 24.8 Å². The summed E-state index contributed by atoms with van der Waals surface area (Å²) in [6, 6.07) is 7.72. The van der Waals surface area contributed by atoms with E-state index < -0.39 is 0 Å². The maximum atomic E-state index is 12.0. The van der Waals surface area contributed by atoms with Crippen molar-refractivity contribution in [3.8, 4) is 0 Å². The Morgan fingerprint density at radius 3 is 3.11 bits per heavy atom. The molecule has 0 saturated heterocycles. The van der Waals surface area contributed by atoms with E-state index in [1.54, 1.807) is 0 Å². The van der Waals surface area contributed by atoms with Crippen molar-refractivity contribution in [2.45, 2.75) is 25.7 Å². The topological polar surface area (TPSA) is 44.9 Å². The first-order valence-corrected chi connectivity index (χ1v) is 6.86. The summed E-state index contributed by atoms with van der Waals surface area (Å²) in [5.74, 6) is 0.0155. The fourth-order valence-electron chi connectivity index (χ4n) is 2.60. The van der Waals surface area contributed by atoms with E-state index in [-0.39, 0.29) is 5.91 Å². The third kappa shape index (κ3) is 2.70. The summed E-state index contributed by atoms with van der Waals surface area (Å²) in [7, 11) is 0. The fourth-order valence-corrected chi connectivity index (χ4v) is 2.60. The number of carbonyl (C=O) groups is 1. The van der Waals surface area contributed by atoms with Gasteiger partial charge in [-0.1, -0.05) is 11.6 Å². The van der Waals surface area contributed by atoms with E-state index in [2.05, 4.69) is 16.4 Å². The molecular weight excluding hydrogens is 236 g/mol. The van der Waals surface area contributed by atoms with Gasteiger partial charge in [0.2, 0.25) is 0 Å². The van der Waals surface area contributed by atoms with Gasteiger partial charge < -0.3 is 10.3 Å². The van der Waals surface area contributed by atoms with Crippen LogP contribution >= 0.6 is 0 Å². The number of amides is 1. The Balaban J connectivity index is 1.59. The first kappa shape index (κ1) is 12.0. The molecule has 0 bridgehead atoms. The summed E-state index contributed by atoms with van der Waals surface area (Å²) < 4.78 is 0. The Hall–Kier alpha value is -2.03. The van der Waals surface area contributed by atoms with E-state index in [0.29, 0.717) is 0 Å². The fraction of sp³-hybridized carbons (Fsp3) is 0.312. The van der Waals surface area contributed by atoms with E-state index in [0.717, 1.165) is 29.4 Å². The molecule has 0 radical (unpaired) electrons. The van der Waals surface area contributed by atoms with Crippen LogP contribution in [0.15, 0.2) is 42.1 Å². The van der Waals surface area contributed by atoms with Gasteiger partial charge in [0, 0.05) is 29.2 Å². The van der Waals surface area contributed by atoms with Crippen molar-refractivity contribution in [1.82, 2.24) is 10.3 Å². The Morgan fingerprint density at radius 2 is 2.26 bits per heavy atom. The van der Waals surface area contributed by atoms with Crippen LogP contribution in [0.1, 0.15) is 36.0 Å². The van der Waals surface area contributed by atoms with Gasteiger partial charge in [-0.25, -0.2) is 0 Å². The molecule has 1 aromatic heterocycles. The molecule has 1 heterocycles. The average Bonchev–Trinajstić information content (AvgIpc) is 3.08. The molecule has 0 spiro atoms. The van der Waals surface area contributed by atoms with Gasteiger partial charge in [0.05, 0.1) is 0 Å². The van der Waals surface area contributed by atoms with Crippen molar-refractivity contribution >= 4 is 16.8 Å². The standard InChI is InChI=1S/C16H18N2O/c19-16(18-9-7-12-3-1-2-4-12)14-5-6-15-13(11-14)8-10-17-15/h3,5-6,8,10-11,17H,1-2,4,7,9H2,(H,18,19). The van der Waals surface area contributed by atoms with Crippen molar-refractivity contribution in [1.29, 1.82) is 0 Å². The Labute approximate surface area is 112 Å². The van der Waals surface area contributed by atoms with Crippen molar-refractivity contribution in [2.24, 2.45) is 0 Å². The van der Waals surface area contributed by atoms with Crippen LogP contribution in [0.2, 0.25) is 0 Å². The van der Waals surface area contributed by atoms with Crippen molar-refractivity contribution in [3.05, 3.63) is 47.7 Å². The minimum absolute atomic E-state index is 0.0155. The lowest BCUT2D eigenvalue weighted by Gasteiger charge is -2.06. The second-order valence-corrected chi connectivity index (χ2v) is 5.04. The van der Waals surface area contributed by atoms with Crippen LogP contribution in [-0.2, 0) is 0 Å². The maximum Gasteiger partial charge on any atom is 0.251 e. The van der Waals surface area contributed by atoms with Gasteiger partial charge in [0.15, 0.2) is 0 Å². The summed E-state index contributed by atoms with van der Waals surface area (Å²) in [6.07, 6.45) is 8.85. The highest BCUT2D eigenvalue weighted by molar-refractivity contribution is 5.98. The summed E-state index contributed by atoms with van der Waals surface area (Å²) >= 11 is 0. The summed E-state index contributed by atoms with van der Waals surface area (Å²) in [4.78, 5) is 15.2. The molecule has 3 rings (SSSR count). The van der Waals surface area contributed by atoms with Gasteiger partial charge in [-0.2, -0.15) is 0 Å². The van der Waals surface area contributed by atoms with E-state index in [4.69, 9.17) is 0 Å². The predicted molar refractivity (Wildman–Crippen MR) is 77.2 cm³/mol. The number of fused-ring (bicyclic) bond motifs is 1. The van der Waals surface area contributed by atoms with Crippen LogP contribution in [0.3, 0.4) is 0 Å². The number of carbonyl (C=O) groups excluding carboxylic acids is 1. The van der Waals surface area contributed by atoms with E-state index in [1.807, 2.05) is 30.5 Å². The number of hydrogen-bond donors (Lipinski definition) is 2. The second kappa shape index (κ2) is 5.31. The summed E-state index contributed by atoms with van der Waals surface area (Å²) in [5, 5.41) is 4.07. The monoisotopic (exact) mass is 254 g/mol. The zero-order valence-corrected chi connectivity index (χ0v) is 10.9. The third-order valence-electron chi connectivity index (χ3n) is 3.68. The first-order chi connectivity index (χ1) is 9.33. The molecule has 1 aromatic carbocycles. The number of aromatic nitrogens is 1.